The number of hydrogen-bond donors (Lipinski definition) is 2. The average molecular weight is 280 g/mol. The smallest absolute Gasteiger partial charge is 0.333 e. The number of ether oxygens (including phenoxy) is 1. The number of benzene rings is 1. The predicted octanol–water partition coefficient (Wildman–Crippen LogP) is 2.57. The highest BCUT2D eigenvalue weighted by Gasteiger charge is 2.29. The van der Waals surface area contributed by atoms with E-state index in [0.29, 0.717) is 12.3 Å². The summed E-state index contributed by atoms with van der Waals surface area (Å²) < 4.78 is 5.33. The molecule has 2 unspecified atom stereocenters. The summed E-state index contributed by atoms with van der Waals surface area (Å²) in [6.07, 6.45) is 2.90. The van der Waals surface area contributed by atoms with Gasteiger partial charge in [-0.1, -0.05) is 12.5 Å². The quantitative estimate of drug-likeness (QED) is 0.618. The van der Waals surface area contributed by atoms with Gasteiger partial charge in [-0.25, -0.2) is 0 Å². The SMILES string of the molecule is CCOc1cccc(NC2CCCC2CO)c1[N+](=O)[O-]. The average Bonchev–Trinajstić information content (AvgIpc) is 2.86. The minimum Gasteiger partial charge on any atom is -0.487 e. The van der Waals surface area contributed by atoms with E-state index in [4.69, 9.17) is 4.74 Å². The molecule has 0 aliphatic heterocycles. The molecule has 0 radical (unpaired) electrons. The summed E-state index contributed by atoms with van der Waals surface area (Å²) in [6.45, 7) is 2.28. The summed E-state index contributed by atoms with van der Waals surface area (Å²) in [5.74, 6) is 0.436. The Bertz CT molecular complexity index is 478. The molecule has 2 N–H and O–H groups in total. The Hall–Kier alpha value is -1.82. The lowest BCUT2D eigenvalue weighted by Gasteiger charge is -2.20. The molecule has 1 aliphatic carbocycles. The van der Waals surface area contributed by atoms with Crippen LogP contribution in [0.1, 0.15) is 26.2 Å². The van der Waals surface area contributed by atoms with Crippen LogP contribution in [0.3, 0.4) is 0 Å². The first-order valence-electron chi connectivity index (χ1n) is 6.95. The molecule has 20 heavy (non-hydrogen) atoms. The van der Waals surface area contributed by atoms with Crippen molar-refractivity contribution in [3.63, 3.8) is 0 Å². The number of para-hydroxylation sites is 1. The van der Waals surface area contributed by atoms with Gasteiger partial charge in [-0.15, -0.1) is 0 Å². The van der Waals surface area contributed by atoms with E-state index in [1.54, 1.807) is 25.1 Å². The Morgan fingerprint density at radius 1 is 1.50 bits per heavy atom. The van der Waals surface area contributed by atoms with Gasteiger partial charge in [-0.2, -0.15) is 0 Å². The van der Waals surface area contributed by atoms with Crippen molar-refractivity contribution in [3.05, 3.63) is 28.3 Å². The van der Waals surface area contributed by atoms with E-state index < -0.39 is 4.92 Å². The molecule has 0 aromatic heterocycles. The van der Waals surface area contributed by atoms with Gasteiger partial charge in [0.1, 0.15) is 5.69 Å². The Kier molecular flexibility index (Phi) is 4.79. The van der Waals surface area contributed by atoms with Crippen LogP contribution in [0.4, 0.5) is 11.4 Å². The molecule has 1 aliphatic rings. The largest absolute Gasteiger partial charge is 0.487 e. The van der Waals surface area contributed by atoms with Gasteiger partial charge >= 0.3 is 5.69 Å². The van der Waals surface area contributed by atoms with E-state index in [-0.39, 0.29) is 30.0 Å². The Labute approximate surface area is 117 Å². The first kappa shape index (κ1) is 14.6. The third kappa shape index (κ3) is 3.01. The second-order valence-corrected chi connectivity index (χ2v) is 4.97. The fourth-order valence-electron chi connectivity index (χ4n) is 2.74. The van der Waals surface area contributed by atoms with Crippen molar-refractivity contribution >= 4 is 11.4 Å². The number of aliphatic hydroxyl groups is 1. The zero-order valence-electron chi connectivity index (χ0n) is 11.5. The lowest BCUT2D eigenvalue weighted by molar-refractivity contribution is -0.385. The van der Waals surface area contributed by atoms with Crippen LogP contribution < -0.4 is 10.1 Å². The second-order valence-electron chi connectivity index (χ2n) is 4.97. The Morgan fingerprint density at radius 2 is 2.30 bits per heavy atom. The highest BCUT2D eigenvalue weighted by molar-refractivity contribution is 5.68. The second kappa shape index (κ2) is 6.56. The van der Waals surface area contributed by atoms with Crippen molar-refractivity contribution in [1.82, 2.24) is 0 Å². The minimum absolute atomic E-state index is 0.0297. The standard InChI is InChI=1S/C14H20N2O4/c1-2-20-13-8-4-7-12(14(13)16(18)19)15-11-6-3-5-10(11)9-17/h4,7-8,10-11,15,17H,2-3,5-6,9H2,1H3. The first-order chi connectivity index (χ1) is 9.67. The van der Waals surface area contributed by atoms with E-state index in [9.17, 15) is 15.2 Å². The number of nitrogens with zero attached hydrogens (tertiary/aromatic N) is 1. The molecule has 6 nitrogen and oxygen atoms in total. The van der Waals surface area contributed by atoms with E-state index in [1.807, 2.05) is 0 Å². The van der Waals surface area contributed by atoms with Gasteiger partial charge in [-0.3, -0.25) is 10.1 Å². The summed E-state index contributed by atoms with van der Waals surface area (Å²) in [5, 5.41) is 23.8. The number of anilines is 1. The number of aliphatic hydroxyl groups excluding tert-OH is 1. The van der Waals surface area contributed by atoms with Crippen molar-refractivity contribution in [3.8, 4) is 5.75 Å². The normalized spacial score (nSPS) is 21.7. The molecule has 0 saturated heterocycles. The molecule has 1 fully saturated rings. The summed E-state index contributed by atoms with van der Waals surface area (Å²) in [6, 6.07) is 5.11. The molecular formula is C14H20N2O4. The van der Waals surface area contributed by atoms with Crippen LogP contribution in [0, 0.1) is 16.0 Å². The van der Waals surface area contributed by atoms with Gasteiger partial charge < -0.3 is 15.2 Å². The van der Waals surface area contributed by atoms with Crippen LogP contribution in [-0.4, -0.2) is 29.3 Å². The molecule has 0 amide bonds. The van der Waals surface area contributed by atoms with E-state index in [0.717, 1.165) is 19.3 Å². The van der Waals surface area contributed by atoms with Crippen LogP contribution in [0.15, 0.2) is 18.2 Å². The van der Waals surface area contributed by atoms with E-state index in [1.165, 1.54) is 0 Å². The molecule has 0 spiro atoms. The van der Waals surface area contributed by atoms with Crippen LogP contribution in [0.2, 0.25) is 0 Å². The molecule has 0 bridgehead atoms. The molecular weight excluding hydrogens is 260 g/mol. The van der Waals surface area contributed by atoms with Crippen molar-refractivity contribution < 1.29 is 14.8 Å². The zero-order chi connectivity index (χ0) is 14.5. The molecule has 2 rings (SSSR count). The van der Waals surface area contributed by atoms with Crippen molar-refractivity contribution in [2.75, 3.05) is 18.5 Å². The number of nitro benzene ring substituents is 1. The Balaban J connectivity index is 2.26. The predicted molar refractivity (Wildman–Crippen MR) is 76.1 cm³/mol. The maximum atomic E-state index is 11.3. The molecule has 1 saturated carbocycles. The maximum absolute atomic E-state index is 11.3. The zero-order valence-corrected chi connectivity index (χ0v) is 11.5. The summed E-state index contributed by atoms with van der Waals surface area (Å²) in [7, 11) is 0. The van der Waals surface area contributed by atoms with Gasteiger partial charge in [0.2, 0.25) is 0 Å². The highest BCUT2D eigenvalue weighted by atomic mass is 16.6. The van der Waals surface area contributed by atoms with Crippen molar-refractivity contribution in [1.29, 1.82) is 0 Å². The molecule has 6 heteroatoms. The van der Waals surface area contributed by atoms with Crippen LogP contribution in [0.25, 0.3) is 0 Å². The summed E-state index contributed by atoms with van der Waals surface area (Å²) in [5.41, 5.74) is 0.434. The molecule has 2 atom stereocenters. The maximum Gasteiger partial charge on any atom is 0.333 e. The fraction of sp³-hybridized carbons (Fsp3) is 0.571. The molecule has 0 heterocycles. The van der Waals surface area contributed by atoms with Crippen molar-refractivity contribution in [2.45, 2.75) is 32.2 Å². The van der Waals surface area contributed by atoms with E-state index in [2.05, 4.69) is 5.32 Å². The number of nitrogens with one attached hydrogen (secondary N) is 1. The number of rotatable bonds is 6. The third-order valence-corrected chi connectivity index (χ3v) is 3.72. The van der Waals surface area contributed by atoms with Gasteiger partial charge in [0.25, 0.3) is 0 Å². The fourth-order valence-corrected chi connectivity index (χ4v) is 2.74. The van der Waals surface area contributed by atoms with Crippen LogP contribution >= 0.6 is 0 Å². The number of nitro groups is 1. The van der Waals surface area contributed by atoms with Gasteiger partial charge in [0.05, 0.1) is 11.5 Å². The molecule has 1 aromatic carbocycles. The Morgan fingerprint density at radius 3 is 2.95 bits per heavy atom. The van der Waals surface area contributed by atoms with E-state index >= 15 is 0 Å². The van der Waals surface area contributed by atoms with Gasteiger partial charge in [0, 0.05) is 18.6 Å². The molecule has 110 valence electrons. The van der Waals surface area contributed by atoms with Gasteiger partial charge in [-0.05, 0) is 31.9 Å². The van der Waals surface area contributed by atoms with Crippen LogP contribution in [0.5, 0.6) is 5.75 Å². The molecule has 1 aromatic rings. The van der Waals surface area contributed by atoms with Gasteiger partial charge in [0.15, 0.2) is 5.75 Å². The first-order valence-corrected chi connectivity index (χ1v) is 6.95. The highest BCUT2D eigenvalue weighted by Crippen LogP contribution is 2.37. The number of hydrogen-bond acceptors (Lipinski definition) is 5. The monoisotopic (exact) mass is 280 g/mol. The van der Waals surface area contributed by atoms with Crippen molar-refractivity contribution in [2.24, 2.45) is 5.92 Å². The summed E-state index contributed by atoms with van der Waals surface area (Å²) >= 11 is 0. The summed E-state index contributed by atoms with van der Waals surface area (Å²) in [4.78, 5) is 10.9. The minimum atomic E-state index is -0.420. The lowest BCUT2D eigenvalue weighted by atomic mass is 10.0. The van der Waals surface area contributed by atoms with Crippen LogP contribution in [-0.2, 0) is 0 Å². The topological polar surface area (TPSA) is 84.6 Å². The lowest BCUT2D eigenvalue weighted by Crippen LogP contribution is -2.26. The third-order valence-electron chi connectivity index (χ3n) is 3.72.